The minimum absolute atomic E-state index is 0.0523. The van der Waals surface area contributed by atoms with Gasteiger partial charge in [0.15, 0.2) is 0 Å². The molecular weight excluding hydrogens is 280 g/mol. The van der Waals surface area contributed by atoms with E-state index in [0.717, 1.165) is 11.1 Å². The van der Waals surface area contributed by atoms with Crippen LogP contribution in [-0.2, 0) is 13.1 Å². The fraction of sp³-hybridized carbons (Fsp3) is 0.375. The zero-order chi connectivity index (χ0) is 15.8. The van der Waals surface area contributed by atoms with E-state index in [4.69, 9.17) is 5.11 Å². The third-order valence-electron chi connectivity index (χ3n) is 3.40. The number of benzene rings is 1. The van der Waals surface area contributed by atoms with Gasteiger partial charge >= 0.3 is 6.03 Å². The Labute approximate surface area is 130 Å². The van der Waals surface area contributed by atoms with Crippen LogP contribution in [0.5, 0.6) is 0 Å². The van der Waals surface area contributed by atoms with Gasteiger partial charge in [-0.05, 0) is 23.6 Å². The van der Waals surface area contributed by atoms with E-state index in [9.17, 15) is 4.79 Å². The standard InChI is InChI=1S/C16H22N4O2/c1-2-15(12-21)19-16(22)17-10-13-5-3-6-14(9-13)11-20-8-4-7-18-20/h3-9,15,21H,2,10-12H2,1H3,(H2,17,19,22). The van der Waals surface area contributed by atoms with Crippen LogP contribution in [0.4, 0.5) is 4.79 Å². The van der Waals surface area contributed by atoms with Crippen LogP contribution >= 0.6 is 0 Å². The average molecular weight is 302 g/mol. The van der Waals surface area contributed by atoms with Gasteiger partial charge in [0.05, 0.1) is 19.2 Å². The van der Waals surface area contributed by atoms with Crippen molar-refractivity contribution in [3.05, 3.63) is 53.9 Å². The highest BCUT2D eigenvalue weighted by molar-refractivity contribution is 5.74. The number of amides is 2. The number of aliphatic hydroxyl groups is 1. The SMILES string of the molecule is CCC(CO)NC(=O)NCc1cccc(Cn2cccn2)c1. The third-order valence-corrected chi connectivity index (χ3v) is 3.40. The van der Waals surface area contributed by atoms with Crippen molar-refractivity contribution in [2.75, 3.05) is 6.61 Å². The molecule has 0 radical (unpaired) electrons. The van der Waals surface area contributed by atoms with E-state index in [1.165, 1.54) is 0 Å². The van der Waals surface area contributed by atoms with E-state index >= 15 is 0 Å². The molecule has 1 aromatic heterocycles. The van der Waals surface area contributed by atoms with Gasteiger partial charge in [0, 0.05) is 18.9 Å². The highest BCUT2D eigenvalue weighted by atomic mass is 16.3. The number of carbonyl (C=O) groups is 1. The summed E-state index contributed by atoms with van der Waals surface area (Å²) in [6.45, 7) is 3.01. The van der Waals surface area contributed by atoms with Crippen LogP contribution in [0, 0.1) is 0 Å². The Kier molecular flexibility index (Phi) is 5.97. The van der Waals surface area contributed by atoms with Gasteiger partial charge < -0.3 is 15.7 Å². The van der Waals surface area contributed by atoms with E-state index in [1.54, 1.807) is 6.20 Å². The molecular formula is C16H22N4O2. The lowest BCUT2D eigenvalue weighted by molar-refractivity contribution is 0.214. The number of aromatic nitrogens is 2. The second-order valence-corrected chi connectivity index (χ2v) is 5.14. The highest BCUT2D eigenvalue weighted by Crippen LogP contribution is 2.07. The average Bonchev–Trinajstić information content (AvgIpc) is 3.04. The Morgan fingerprint density at radius 1 is 1.36 bits per heavy atom. The summed E-state index contributed by atoms with van der Waals surface area (Å²) in [5, 5.41) is 18.8. The first kappa shape index (κ1) is 16.0. The first-order valence-corrected chi connectivity index (χ1v) is 7.41. The van der Waals surface area contributed by atoms with Crippen LogP contribution in [0.25, 0.3) is 0 Å². The summed E-state index contributed by atoms with van der Waals surface area (Å²) in [6.07, 6.45) is 4.36. The topological polar surface area (TPSA) is 79.2 Å². The van der Waals surface area contributed by atoms with Gasteiger partial charge in [-0.15, -0.1) is 0 Å². The Morgan fingerprint density at radius 3 is 2.86 bits per heavy atom. The number of aliphatic hydroxyl groups excluding tert-OH is 1. The molecule has 0 aliphatic heterocycles. The largest absolute Gasteiger partial charge is 0.394 e. The van der Waals surface area contributed by atoms with Gasteiger partial charge in [-0.25, -0.2) is 4.79 Å². The molecule has 6 heteroatoms. The van der Waals surface area contributed by atoms with E-state index in [-0.39, 0.29) is 18.7 Å². The molecule has 0 saturated carbocycles. The van der Waals surface area contributed by atoms with Crippen molar-refractivity contribution in [2.24, 2.45) is 0 Å². The summed E-state index contributed by atoms with van der Waals surface area (Å²) in [7, 11) is 0. The van der Waals surface area contributed by atoms with Crippen LogP contribution in [0.3, 0.4) is 0 Å². The number of hydrogen-bond acceptors (Lipinski definition) is 3. The van der Waals surface area contributed by atoms with Crippen LogP contribution in [0.15, 0.2) is 42.7 Å². The lowest BCUT2D eigenvalue weighted by Crippen LogP contribution is -2.43. The van der Waals surface area contributed by atoms with E-state index in [1.807, 2.05) is 48.1 Å². The lowest BCUT2D eigenvalue weighted by atomic mass is 10.1. The molecule has 0 fully saturated rings. The molecule has 2 aromatic rings. The quantitative estimate of drug-likeness (QED) is 0.725. The summed E-state index contributed by atoms with van der Waals surface area (Å²) in [6, 6.07) is 9.44. The maximum Gasteiger partial charge on any atom is 0.315 e. The van der Waals surface area contributed by atoms with Gasteiger partial charge in [-0.1, -0.05) is 31.2 Å². The first-order chi connectivity index (χ1) is 10.7. The van der Waals surface area contributed by atoms with E-state index in [0.29, 0.717) is 19.5 Å². The molecule has 0 saturated heterocycles. The summed E-state index contributed by atoms with van der Waals surface area (Å²) >= 11 is 0. The lowest BCUT2D eigenvalue weighted by Gasteiger charge is -2.15. The monoisotopic (exact) mass is 302 g/mol. The maximum atomic E-state index is 11.7. The molecule has 1 aromatic carbocycles. The number of urea groups is 1. The summed E-state index contributed by atoms with van der Waals surface area (Å²) in [5.74, 6) is 0. The van der Waals surface area contributed by atoms with Crippen LogP contribution < -0.4 is 10.6 Å². The van der Waals surface area contributed by atoms with Crippen molar-refractivity contribution in [2.45, 2.75) is 32.5 Å². The van der Waals surface area contributed by atoms with Gasteiger partial charge in [0.1, 0.15) is 0 Å². The molecule has 0 bridgehead atoms. The smallest absolute Gasteiger partial charge is 0.315 e. The first-order valence-electron chi connectivity index (χ1n) is 7.41. The predicted molar refractivity (Wildman–Crippen MR) is 84.3 cm³/mol. The second kappa shape index (κ2) is 8.19. The Balaban J connectivity index is 1.86. The molecule has 1 atom stereocenters. The number of hydrogen-bond donors (Lipinski definition) is 3. The molecule has 1 heterocycles. The summed E-state index contributed by atoms with van der Waals surface area (Å²) in [4.78, 5) is 11.7. The fourth-order valence-electron chi connectivity index (χ4n) is 2.11. The van der Waals surface area contributed by atoms with Crippen molar-refractivity contribution in [3.8, 4) is 0 Å². The summed E-state index contributed by atoms with van der Waals surface area (Å²) < 4.78 is 1.85. The normalized spacial score (nSPS) is 11.9. The minimum atomic E-state index is -0.265. The highest BCUT2D eigenvalue weighted by Gasteiger charge is 2.08. The molecule has 0 aliphatic carbocycles. The molecule has 0 aliphatic rings. The third kappa shape index (κ3) is 4.89. The maximum absolute atomic E-state index is 11.7. The Bertz CT molecular complexity index is 580. The number of rotatable bonds is 7. The molecule has 118 valence electrons. The van der Waals surface area contributed by atoms with Crippen molar-refractivity contribution >= 4 is 6.03 Å². The second-order valence-electron chi connectivity index (χ2n) is 5.14. The molecule has 3 N–H and O–H groups in total. The molecule has 6 nitrogen and oxygen atoms in total. The van der Waals surface area contributed by atoms with Gasteiger partial charge in [-0.2, -0.15) is 5.10 Å². The van der Waals surface area contributed by atoms with E-state index < -0.39 is 0 Å². The van der Waals surface area contributed by atoms with Gasteiger partial charge in [0.25, 0.3) is 0 Å². The molecule has 2 amide bonds. The Morgan fingerprint density at radius 2 is 2.18 bits per heavy atom. The van der Waals surface area contributed by atoms with Crippen molar-refractivity contribution in [1.29, 1.82) is 0 Å². The van der Waals surface area contributed by atoms with Crippen molar-refractivity contribution in [3.63, 3.8) is 0 Å². The zero-order valence-corrected chi connectivity index (χ0v) is 12.7. The van der Waals surface area contributed by atoms with E-state index in [2.05, 4.69) is 15.7 Å². The van der Waals surface area contributed by atoms with Crippen LogP contribution in [-0.4, -0.2) is 33.6 Å². The van der Waals surface area contributed by atoms with Crippen LogP contribution in [0.2, 0.25) is 0 Å². The summed E-state index contributed by atoms with van der Waals surface area (Å²) in [5.41, 5.74) is 2.15. The Hall–Kier alpha value is -2.34. The molecule has 0 spiro atoms. The fourth-order valence-corrected chi connectivity index (χ4v) is 2.11. The molecule has 1 unspecified atom stereocenters. The molecule has 22 heavy (non-hydrogen) atoms. The molecule has 2 rings (SSSR count). The number of nitrogens with zero attached hydrogens (tertiary/aromatic N) is 2. The van der Waals surface area contributed by atoms with Crippen LogP contribution in [0.1, 0.15) is 24.5 Å². The number of nitrogens with one attached hydrogen (secondary N) is 2. The van der Waals surface area contributed by atoms with Crippen molar-refractivity contribution in [1.82, 2.24) is 20.4 Å². The van der Waals surface area contributed by atoms with Crippen molar-refractivity contribution < 1.29 is 9.90 Å². The van der Waals surface area contributed by atoms with Gasteiger partial charge in [-0.3, -0.25) is 4.68 Å². The minimum Gasteiger partial charge on any atom is -0.394 e. The number of carbonyl (C=O) groups excluding carboxylic acids is 1. The predicted octanol–water partition coefficient (Wildman–Crippen LogP) is 1.50. The zero-order valence-electron chi connectivity index (χ0n) is 12.7. The van der Waals surface area contributed by atoms with Gasteiger partial charge in [0.2, 0.25) is 0 Å².